The average molecular weight is 397 g/mol. The fourth-order valence-electron chi connectivity index (χ4n) is 3.65. The number of likely N-dealkylation sites (tertiary alicyclic amines) is 1. The summed E-state index contributed by atoms with van der Waals surface area (Å²) in [6.45, 7) is 2.84. The molecule has 0 aliphatic carbocycles. The van der Waals surface area contributed by atoms with Gasteiger partial charge in [0.1, 0.15) is 11.5 Å². The number of piperidine rings is 1. The molecule has 2 heterocycles. The first-order valence-electron chi connectivity index (χ1n) is 9.86. The van der Waals surface area contributed by atoms with E-state index in [0.717, 1.165) is 32.2 Å². The molecule has 1 aliphatic heterocycles. The molecule has 0 bridgehead atoms. The highest BCUT2D eigenvalue weighted by atomic mass is 16.5. The predicted molar refractivity (Wildman–Crippen MR) is 111 cm³/mol. The van der Waals surface area contributed by atoms with E-state index in [9.17, 15) is 9.59 Å². The van der Waals surface area contributed by atoms with Crippen LogP contribution in [0.5, 0.6) is 11.5 Å². The molecule has 1 atom stereocenters. The van der Waals surface area contributed by atoms with Gasteiger partial charge in [-0.2, -0.15) is 0 Å². The van der Waals surface area contributed by atoms with E-state index in [4.69, 9.17) is 9.47 Å². The van der Waals surface area contributed by atoms with Crippen LogP contribution in [-0.4, -0.2) is 48.5 Å². The van der Waals surface area contributed by atoms with E-state index in [2.05, 4.69) is 17.2 Å². The highest BCUT2D eigenvalue weighted by Crippen LogP contribution is 2.29. The summed E-state index contributed by atoms with van der Waals surface area (Å²) in [5.41, 5.74) is 1.22. The van der Waals surface area contributed by atoms with Crippen LogP contribution < -0.4 is 14.8 Å². The van der Waals surface area contributed by atoms with Gasteiger partial charge in [-0.25, -0.2) is 0 Å². The predicted octanol–water partition coefficient (Wildman–Crippen LogP) is 3.76. The molecule has 7 nitrogen and oxygen atoms in total. The molecule has 2 amide bonds. The molecule has 29 heavy (non-hydrogen) atoms. The van der Waals surface area contributed by atoms with Crippen LogP contribution in [0, 0.1) is 0 Å². The van der Waals surface area contributed by atoms with Crippen molar-refractivity contribution >= 4 is 17.5 Å². The van der Waals surface area contributed by atoms with Gasteiger partial charge < -0.3 is 19.7 Å². The summed E-state index contributed by atoms with van der Waals surface area (Å²) in [5, 5.41) is 2.81. The van der Waals surface area contributed by atoms with Crippen molar-refractivity contribution in [3.8, 4) is 11.5 Å². The van der Waals surface area contributed by atoms with Crippen molar-refractivity contribution in [2.24, 2.45) is 0 Å². The molecule has 2 aromatic rings. The second-order valence-corrected chi connectivity index (χ2v) is 7.04. The molecule has 1 fully saturated rings. The Kier molecular flexibility index (Phi) is 6.69. The van der Waals surface area contributed by atoms with Crippen molar-refractivity contribution in [1.29, 1.82) is 0 Å². The Morgan fingerprint density at radius 1 is 1.14 bits per heavy atom. The zero-order valence-electron chi connectivity index (χ0n) is 17.1. The molecule has 1 aliphatic rings. The SMILES string of the molecule is CCC1CCCCN1C(=O)c1cncc(C(=O)Nc2cc(OC)ccc2OC)c1. The molecule has 0 spiro atoms. The molecule has 3 rings (SSSR count). The fraction of sp³-hybridized carbons (Fsp3) is 0.409. The second-order valence-electron chi connectivity index (χ2n) is 7.04. The van der Waals surface area contributed by atoms with Gasteiger partial charge in [0, 0.05) is 31.0 Å². The van der Waals surface area contributed by atoms with Crippen molar-refractivity contribution in [3.63, 3.8) is 0 Å². The number of hydrogen-bond acceptors (Lipinski definition) is 5. The average Bonchev–Trinajstić information content (AvgIpc) is 2.78. The Balaban J connectivity index is 1.80. The third-order valence-corrected chi connectivity index (χ3v) is 5.26. The maximum absolute atomic E-state index is 13.0. The summed E-state index contributed by atoms with van der Waals surface area (Å²) in [6, 6.07) is 6.98. The van der Waals surface area contributed by atoms with Crippen molar-refractivity contribution in [1.82, 2.24) is 9.88 Å². The number of rotatable bonds is 6. The van der Waals surface area contributed by atoms with E-state index in [1.165, 1.54) is 19.5 Å². The zero-order chi connectivity index (χ0) is 20.8. The number of methoxy groups -OCH3 is 2. The molecule has 0 saturated carbocycles. The third-order valence-electron chi connectivity index (χ3n) is 5.26. The number of amides is 2. The largest absolute Gasteiger partial charge is 0.497 e. The number of carbonyl (C=O) groups excluding carboxylic acids is 2. The zero-order valence-corrected chi connectivity index (χ0v) is 17.1. The van der Waals surface area contributed by atoms with Crippen LogP contribution in [0.15, 0.2) is 36.7 Å². The number of carbonyl (C=O) groups is 2. The number of pyridine rings is 1. The Hall–Kier alpha value is -3.09. The molecule has 154 valence electrons. The van der Waals surface area contributed by atoms with E-state index in [1.807, 2.05) is 4.90 Å². The molecule has 1 aromatic heterocycles. The van der Waals surface area contributed by atoms with Crippen molar-refractivity contribution in [3.05, 3.63) is 47.8 Å². The van der Waals surface area contributed by atoms with Gasteiger partial charge in [-0.15, -0.1) is 0 Å². The maximum atomic E-state index is 13.0. The van der Waals surface area contributed by atoms with Gasteiger partial charge in [-0.05, 0) is 43.9 Å². The smallest absolute Gasteiger partial charge is 0.257 e. The molecule has 0 radical (unpaired) electrons. The van der Waals surface area contributed by atoms with Crippen molar-refractivity contribution in [2.75, 3.05) is 26.1 Å². The van der Waals surface area contributed by atoms with E-state index in [0.29, 0.717) is 28.3 Å². The first kappa shape index (κ1) is 20.6. The van der Waals surface area contributed by atoms with Gasteiger partial charge in [0.05, 0.1) is 31.0 Å². The van der Waals surface area contributed by atoms with Crippen LogP contribution in [0.25, 0.3) is 0 Å². The highest BCUT2D eigenvalue weighted by molar-refractivity contribution is 6.06. The minimum absolute atomic E-state index is 0.0716. The van der Waals surface area contributed by atoms with Gasteiger partial charge in [-0.3, -0.25) is 14.6 Å². The second kappa shape index (κ2) is 9.41. The standard InChI is InChI=1S/C22H27N3O4/c1-4-17-7-5-6-10-25(17)22(27)16-11-15(13-23-14-16)21(26)24-19-12-18(28-2)8-9-20(19)29-3/h8-9,11-14,17H,4-7,10H2,1-3H3,(H,24,26). The van der Waals surface area contributed by atoms with Crippen LogP contribution in [0.4, 0.5) is 5.69 Å². The lowest BCUT2D eigenvalue weighted by Gasteiger charge is -2.35. The van der Waals surface area contributed by atoms with Gasteiger partial charge in [0.2, 0.25) is 0 Å². The first-order valence-corrected chi connectivity index (χ1v) is 9.86. The third kappa shape index (κ3) is 4.67. The van der Waals surface area contributed by atoms with Gasteiger partial charge in [-0.1, -0.05) is 6.92 Å². The molecular formula is C22H27N3O4. The number of nitrogens with zero attached hydrogens (tertiary/aromatic N) is 2. The quantitative estimate of drug-likeness (QED) is 0.803. The molecular weight excluding hydrogens is 370 g/mol. The van der Waals surface area contributed by atoms with Crippen molar-refractivity contribution < 1.29 is 19.1 Å². The summed E-state index contributed by atoms with van der Waals surface area (Å²) in [7, 11) is 3.08. The van der Waals surface area contributed by atoms with Crippen LogP contribution in [0.1, 0.15) is 53.3 Å². The summed E-state index contributed by atoms with van der Waals surface area (Å²) in [5.74, 6) is 0.666. The molecule has 1 saturated heterocycles. The van der Waals surface area contributed by atoms with Gasteiger partial charge in [0.25, 0.3) is 11.8 Å². The number of anilines is 1. The van der Waals surface area contributed by atoms with E-state index in [-0.39, 0.29) is 17.9 Å². The van der Waals surface area contributed by atoms with Crippen LogP contribution in [0.2, 0.25) is 0 Å². The topological polar surface area (TPSA) is 80.8 Å². The Labute approximate surface area is 171 Å². The summed E-state index contributed by atoms with van der Waals surface area (Å²) in [4.78, 5) is 31.8. The fourth-order valence-corrected chi connectivity index (χ4v) is 3.65. The Morgan fingerprint density at radius 3 is 2.66 bits per heavy atom. The number of ether oxygens (including phenoxy) is 2. The molecule has 1 N–H and O–H groups in total. The number of aromatic nitrogens is 1. The summed E-state index contributed by atoms with van der Waals surface area (Å²) < 4.78 is 10.5. The van der Waals surface area contributed by atoms with E-state index >= 15 is 0 Å². The van der Waals surface area contributed by atoms with Crippen LogP contribution in [-0.2, 0) is 0 Å². The molecule has 1 aromatic carbocycles. The Bertz CT molecular complexity index is 884. The monoisotopic (exact) mass is 397 g/mol. The minimum atomic E-state index is -0.371. The first-order chi connectivity index (χ1) is 14.1. The molecule has 7 heteroatoms. The summed E-state index contributed by atoms with van der Waals surface area (Å²) >= 11 is 0. The lowest BCUT2D eigenvalue weighted by atomic mass is 9.99. The lowest BCUT2D eigenvalue weighted by molar-refractivity contribution is 0.0607. The van der Waals surface area contributed by atoms with Crippen LogP contribution in [0.3, 0.4) is 0 Å². The Morgan fingerprint density at radius 2 is 1.93 bits per heavy atom. The number of hydrogen-bond donors (Lipinski definition) is 1. The minimum Gasteiger partial charge on any atom is -0.497 e. The lowest BCUT2D eigenvalue weighted by Crippen LogP contribution is -2.43. The maximum Gasteiger partial charge on any atom is 0.257 e. The van der Waals surface area contributed by atoms with Gasteiger partial charge in [0.15, 0.2) is 0 Å². The van der Waals surface area contributed by atoms with E-state index < -0.39 is 0 Å². The highest BCUT2D eigenvalue weighted by Gasteiger charge is 2.26. The molecule has 1 unspecified atom stereocenters. The van der Waals surface area contributed by atoms with Gasteiger partial charge >= 0.3 is 0 Å². The van der Waals surface area contributed by atoms with Crippen molar-refractivity contribution in [2.45, 2.75) is 38.6 Å². The normalized spacial score (nSPS) is 16.2. The number of nitrogens with one attached hydrogen (secondary N) is 1. The van der Waals surface area contributed by atoms with Crippen LogP contribution >= 0.6 is 0 Å². The van der Waals surface area contributed by atoms with E-state index in [1.54, 1.807) is 31.4 Å². The number of benzene rings is 1. The summed E-state index contributed by atoms with van der Waals surface area (Å²) in [6.07, 6.45) is 7.07.